The molecule has 0 heterocycles. The molecule has 0 aromatic heterocycles. The summed E-state index contributed by atoms with van der Waals surface area (Å²) >= 11 is 0. The van der Waals surface area contributed by atoms with Gasteiger partial charge in [-0.15, -0.1) is 0 Å². The van der Waals surface area contributed by atoms with E-state index in [-0.39, 0.29) is 11.6 Å². The molecule has 0 bridgehead atoms. The molecule has 0 saturated carbocycles. The van der Waals surface area contributed by atoms with E-state index in [0.29, 0.717) is 12.0 Å². The minimum atomic E-state index is -4.83. The van der Waals surface area contributed by atoms with Crippen molar-refractivity contribution in [3.8, 4) is 0 Å². The van der Waals surface area contributed by atoms with Gasteiger partial charge in [0.25, 0.3) is 0 Å². The van der Waals surface area contributed by atoms with E-state index in [9.17, 15) is 26.3 Å². The van der Waals surface area contributed by atoms with Gasteiger partial charge in [-0.3, -0.25) is 0 Å². The second kappa shape index (κ2) is 6.26. The predicted octanol–water partition coefficient (Wildman–Crippen LogP) is 6.27. The molecule has 6 heteroatoms. The summed E-state index contributed by atoms with van der Waals surface area (Å²) in [6.07, 6.45) is -9.27. The predicted molar refractivity (Wildman–Crippen MR) is 75.0 cm³/mol. The topological polar surface area (TPSA) is 0 Å². The van der Waals surface area contributed by atoms with Crippen molar-refractivity contribution in [3.05, 3.63) is 70.8 Å². The number of alkyl halides is 6. The largest absolute Gasteiger partial charge is 0.416 e. The standard InChI is InChI=1S/C17H14F6/c1-2-15(11-6-4-3-5-7-11)12-8-13(16(18,19)20)10-14(9-12)17(21,22)23/h3-10,15H,2H2,1H3/t15-/m0/s1. The van der Waals surface area contributed by atoms with Crippen LogP contribution < -0.4 is 0 Å². The summed E-state index contributed by atoms with van der Waals surface area (Å²) in [5.74, 6) is -0.528. The third-order valence-corrected chi connectivity index (χ3v) is 3.62. The van der Waals surface area contributed by atoms with Crippen LogP contribution >= 0.6 is 0 Å². The lowest BCUT2D eigenvalue weighted by Gasteiger charge is -2.20. The first-order valence-corrected chi connectivity index (χ1v) is 6.97. The molecule has 0 N–H and O–H groups in total. The van der Waals surface area contributed by atoms with Crippen molar-refractivity contribution in [3.63, 3.8) is 0 Å². The number of halogens is 6. The molecule has 0 saturated heterocycles. The highest BCUT2D eigenvalue weighted by Crippen LogP contribution is 2.39. The Morgan fingerprint density at radius 1 is 0.739 bits per heavy atom. The van der Waals surface area contributed by atoms with Crippen molar-refractivity contribution in [1.82, 2.24) is 0 Å². The van der Waals surface area contributed by atoms with Crippen molar-refractivity contribution in [2.24, 2.45) is 0 Å². The average Bonchev–Trinajstić information content (AvgIpc) is 2.47. The van der Waals surface area contributed by atoms with Crippen LogP contribution in [0.1, 0.15) is 41.5 Å². The fourth-order valence-corrected chi connectivity index (χ4v) is 2.53. The lowest BCUT2D eigenvalue weighted by Crippen LogP contribution is -2.13. The summed E-state index contributed by atoms with van der Waals surface area (Å²) in [6.45, 7) is 1.73. The second-order valence-electron chi connectivity index (χ2n) is 5.21. The summed E-state index contributed by atoms with van der Waals surface area (Å²) in [6, 6.07) is 10.3. The Balaban J connectivity index is 2.61. The first kappa shape index (κ1) is 17.4. The van der Waals surface area contributed by atoms with E-state index in [2.05, 4.69) is 0 Å². The molecule has 0 nitrogen and oxygen atoms in total. The van der Waals surface area contributed by atoms with E-state index in [1.54, 1.807) is 37.3 Å². The van der Waals surface area contributed by atoms with Gasteiger partial charge in [0.05, 0.1) is 11.1 Å². The van der Waals surface area contributed by atoms with Gasteiger partial charge in [-0.25, -0.2) is 0 Å². The van der Waals surface area contributed by atoms with E-state index in [4.69, 9.17) is 0 Å². The Bertz CT molecular complexity index is 623. The van der Waals surface area contributed by atoms with Gasteiger partial charge in [-0.2, -0.15) is 26.3 Å². The van der Waals surface area contributed by atoms with E-state index < -0.39 is 29.4 Å². The zero-order valence-corrected chi connectivity index (χ0v) is 12.2. The van der Waals surface area contributed by atoms with Crippen molar-refractivity contribution >= 4 is 0 Å². The smallest absolute Gasteiger partial charge is 0.166 e. The Hall–Kier alpha value is -1.98. The maximum atomic E-state index is 12.9. The number of benzene rings is 2. The van der Waals surface area contributed by atoms with Gasteiger partial charge in [0.1, 0.15) is 0 Å². The molecule has 0 aliphatic rings. The van der Waals surface area contributed by atoms with Gasteiger partial charge in [0, 0.05) is 5.92 Å². The first-order chi connectivity index (χ1) is 10.6. The fraction of sp³-hybridized carbons (Fsp3) is 0.294. The van der Waals surface area contributed by atoms with Crippen molar-refractivity contribution in [2.75, 3.05) is 0 Å². The van der Waals surface area contributed by atoms with Crippen LogP contribution in [0.15, 0.2) is 48.5 Å². The maximum absolute atomic E-state index is 12.9. The highest BCUT2D eigenvalue weighted by Gasteiger charge is 2.37. The van der Waals surface area contributed by atoms with Crippen LogP contribution in [0.5, 0.6) is 0 Å². The van der Waals surface area contributed by atoms with Crippen LogP contribution in [0.2, 0.25) is 0 Å². The van der Waals surface area contributed by atoms with Gasteiger partial charge in [-0.05, 0) is 35.7 Å². The minimum Gasteiger partial charge on any atom is -0.166 e. The molecule has 0 spiro atoms. The number of rotatable bonds is 3. The molecule has 2 rings (SSSR count). The van der Waals surface area contributed by atoms with Gasteiger partial charge in [0.2, 0.25) is 0 Å². The maximum Gasteiger partial charge on any atom is 0.416 e. The normalized spacial score (nSPS) is 13.9. The van der Waals surface area contributed by atoms with Crippen LogP contribution in [-0.2, 0) is 12.4 Å². The number of hydrogen-bond donors (Lipinski definition) is 0. The van der Waals surface area contributed by atoms with Crippen LogP contribution in [-0.4, -0.2) is 0 Å². The van der Waals surface area contributed by atoms with E-state index in [0.717, 1.165) is 12.1 Å². The van der Waals surface area contributed by atoms with Gasteiger partial charge >= 0.3 is 12.4 Å². The Kier molecular flexibility index (Phi) is 4.73. The molecule has 0 fully saturated rings. The molecule has 0 aliphatic heterocycles. The lowest BCUT2D eigenvalue weighted by molar-refractivity contribution is -0.143. The Morgan fingerprint density at radius 2 is 1.22 bits per heavy atom. The van der Waals surface area contributed by atoms with Gasteiger partial charge < -0.3 is 0 Å². The average molecular weight is 332 g/mol. The monoisotopic (exact) mass is 332 g/mol. The minimum absolute atomic E-state index is 0.0147. The fourth-order valence-electron chi connectivity index (χ4n) is 2.53. The zero-order chi connectivity index (χ0) is 17.3. The lowest BCUT2D eigenvalue weighted by atomic mass is 9.87. The zero-order valence-electron chi connectivity index (χ0n) is 12.2. The molecule has 124 valence electrons. The van der Waals surface area contributed by atoms with Gasteiger partial charge in [0.15, 0.2) is 0 Å². The molecular weight excluding hydrogens is 318 g/mol. The number of hydrogen-bond acceptors (Lipinski definition) is 0. The Morgan fingerprint density at radius 3 is 1.61 bits per heavy atom. The van der Waals surface area contributed by atoms with Crippen LogP contribution in [0.25, 0.3) is 0 Å². The molecule has 1 atom stereocenters. The third-order valence-electron chi connectivity index (χ3n) is 3.62. The molecule has 0 unspecified atom stereocenters. The van der Waals surface area contributed by atoms with Crippen LogP contribution in [0, 0.1) is 0 Å². The van der Waals surface area contributed by atoms with E-state index in [1.165, 1.54) is 0 Å². The van der Waals surface area contributed by atoms with Crippen LogP contribution in [0.3, 0.4) is 0 Å². The molecular formula is C17H14F6. The Labute approximate surface area is 129 Å². The summed E-state index contributed by atoms with van der Waals surface area (Å²) < 4.78 is 77.6. The summed E-state index contributed by atoms with van der Waals surface area (Å²) in [7, 11) is 0. The quantitative estimate of drug-likeness (QED) is 0.581. The second-order valence-corrected chi connectivity index (χ2v) is 5.21. The molecule has 0 radical (unpaired) electrons. The highest BCUT2D eigenvalue weighted by atomic mass is 19.4. The van der Waals surface area contributed by atoms with E-state index >= 15 is 0 Å². The summed E-state index contributed by atoms with van der Waals surface area (Å²) in [4.78, 5) is 0. The third kappa shape index (κ3) is 4.06. The summed E-state index contributed by atoms with van der Waals surface area (Å²) in [5.41, 5.74) is -1.86. The highest BCUT2D eigenvalue weighted by molar-refractivity contribution is 5.40. The molecule has 0 aliphatic carbocycles. The van der Waals surface area contributed by atoms with E-state index in [1.807, 2.05) is 0 Å². The first-order valence-electron chi connectivity index (χ1n) is 6.97. The van der Waals surface area contributed by atoms with Crippen molar-refractivity contribution < 1.29 is 26.3 Å². The molecule has 2 aromatic carbocycles. The van der Waals surface area contributed by atoms with Crippen molar-refractivity contribution in [2.45, 2.75) is 31.6 Å². The molecule has 23 heavy (non-hydrogen) atoms. The SMILES string of the molecule is CC[C@@H](c1ccccc1)c1cc(C(F)(F)F)cc(C(F)(F)F)c1. The van der Waals surface area contributed by atoms with Gasteiger partial charge in [-0.1, -0.05) is 37.3 Å². The summed E-state index contributed by atoms with van der Waals surface area (Å²) in [5, 5.41) is 0. The molecule has 0 amide bonds. The van der Waals surface area contributed by atoms with Crippen molar-refractivity contribution in [1.29, 1.82) is 0 Å². The molecule has 2 aromatic rings. The van der Waals surface area contributed by atoms with Crippen LogP contribution in [0.4, 0.5) is 26.3 Å².